The van der Waals surface area contributed by atoms with Crippen molar-refractivity contribution in [2.75, 3.05) is 6.61 Å². The fourth-order valence-electron chi connectivity index (χ4n) is 1.35. The molecule has 0 fully saturated rings. The van der Waals surface area contributed by atoms with E-state index in [0.29, 0.717) is 0 Å². The quantitative estimate of drug-likeness (QED) is 0.510. The molecule has 0 spiro atoms. The summed E-state index contributed by atoms with van der Waals surface area (Å²) in [7, 11) is -5.86. The van der Waals surface area contributed by atoms with E-state index in [9.17, 15) is 13.9 Å². The highest BCUT2D eigenvalue weighted by molar-refractivity contribution is 7.32. The van der Waals surface area contributed by atoms with Gasteiger partial charge in [0.25, 0.3) is 0 Å². The van der Waals surface area contributed by atoms with Gasteiger partial charge in [0.2, 0.25) is 5.60 Å². The zero-order chi connectivity index (χ0) is 14.3. The zero-order valence-electron chi connectivity index (χ0n) is 10.2. The van der Waals surface area contributed by atoms with Crippen LogP contribution in [0, 0.1) is 0 Å². The number of rotatable bonds is 8. The standard InChI is InChI=1S/C8H14O8P2/c1-4-14-7(9)8(3,16-18(12)13)5-6(2)15-17(10)11/h6H,4-5H2,1-3H3/p+2. The molecule has 0 saturated heterocycles. The second kappa shape index (κ2) is 7.84. The lowest BCUT2D eigenvalue weighted by molar-refractivity contribution is -0.162. The van der Waals surface area contributed by atoms with E-state index in [4.69, 9.17) is 14.5 Å². The van der Waals surface area contributed by atoms with Crippen molar-refractivity contribution in [3.8, 4) is 0 Å². The molecule has 0 rings (SSSR count). The van der Waals surface area contributed by atoms with Crippen LogP contribution < -0.4 is 0 Å². The van der Waals surface area contributed by atoms with E-state index < -0.39 is 34.2 Å². The van der Waals surface area contributed by atoms with Gasteiger partial charge in [-0.15, -0.1) is 18.8 Å². The molecule has 0 aromatic heterocycles. The first kappa shape index (κ1) is 17.5. The monoisotopic (exact) mass is 302 g/mol. The van der Waals surface area contributed by atoms with Crippen LogP contribution in [0.2, 0.25) is 0 Å². The number of esters is 1. The largest absolute Gasteiger partial charge is 0.695 e. The minimum Gasteiger partial charge on any atom is -0.464 e. The molecule has 4 atom stereocenters. The normalized spacial score (nSPS) is 17.6. The topological polar surface area (TPSA) is 119 Å². The van der Waals surface area contributed by atoms with Gasteiger partial charge in [0, 0.05) is 15.6 Å². The third-order valence-corrected chi connectivity index (χ3v) is 3.03. The van der Waals surface area contributed by atoms with E-state index in [1.54, 1.807) is 6.92 Å². The Morgan fingerprint density at radius 1 is 1.33 bits per heavy atom. The van der Waals surface area contributed by atoms with Crippen LogP contribution in [0.1, 0.15) is 27.2 Å². The summed E-state index contributed by atoms with van der Waals surface area (Å²) in [5.41, 5.74) is -1.72. The van der Waals surface area contributed by atoms with Crippen molar-refractivity contribution >= 4 is 22.5 Å². The van der Waals surface area contributed by atoms with Crippen molar-refractivity contribution < 1.29 is 37.5 Å². The van der Waals surface area contributed by atoms with Crippen LogP contribution >= 0.6 is 16.5 Å². The van der Waals surface area contributed by atoms with Gasteiger partial charge < -0.3 is 4.74 Å². The van der Waals surface area contributed by atoms with E-state index in [1.807, 2.05) is 0 Å². The first-order valence-corrected chi connectivity index (χ1v) is 7.32. The van der Waals surface area contributed by atoms with Gasteiger partial charge in [-0.25, -0.2) is 4.79 Å². The molecule has 0 saturated carbocycles. The van der Waals surface area contributed by atoms with Crippen LogP contribution in [0.15, 0.2) is 0 Å². The van der Waals surface area contributed by atoms with Crippen LogP contribution in [-0.2, 0) is 27.7 Å². The Balaban J connectivity index is 4.80. The highest BCUT2D eigenvalue weighted by Crippen LogP contribution is 2.33. The number of carbonyl (C=O) groups is 1. The molecule has 0 aromatic rings. The number of hydrogen-bond acceptors (Lipinski definition) is 6. The fourth-order valence-corrected chi connectivity index (χ4v) is 2.23. The lowest BCUT2D eigenvalue weighted by Gasteiger charge is -2.21. The Bertz CT molecular complexity index is 333. The molecule has 0 radical (unpaired) electrons. The summed E-state index contributed by atoms with van der Waals surface area (Å²) < 4.78 is 35.1. The molecular formula is C8H16O8P2+2. The molecule has 0 heterocycles. The summed E-state index contributed by atoms with van der Waals surface area (Å²) >= 11 is 0. The molecular weight excluding hydrogens is 286 g/mol. The minimum absolute atomic E-state index is 0.0729. The Morgan fingerprint density at radius 2 is 1.89 bits per heavy atom. The maximum absolute atomic E-state index is 11.6. The Hall–Kier alpha value is -0.490. The Morgan fingerprint density at radius 3 is 2.28 bits per heavy atom. The van der Waals surface area contributed by atoms with Gasteiger partial charge in [0.15, 0.2) is 0 Å². The van der Waals surface area contributed by atoms with E-state index in [1.165, 1.54) is 13.8 Å². The van der Waals surface area contributed by atoms with Crippen molar-refractivity contribution in [2.45, 2.75) is 38.9 Å². The van der Waals surface area contributed by atoms with Gasteiger partial charge in [0.1, 0.15) is 6.10 Å². The molecule has 0 aliphatic carbocycles. The lowest BCUT2D eigenvalue weighted by atomic mass is 9.99. The fraction of sp³-hybridized carbons (Fsp3) is 0.875. The average molecular weight is 302 g/mol. The molecule has 10 heteroatoms. The van der Waals surface area contributed by atoms with Crippen LogP contribution in [0.25, 0.3) is 0 Å². The van der Waals surface area contributed by atoms with E-state index in [-0.39, 0.29) is 13.0 Å². The molecule has 2 N–H and O–H groups in total. The van der Waals surface area contributed by atoms with Crippen molar-refractivity contribution in [2.24, 2.45) is 0 Å². The van der Waals surface area contributed by atoms with Crippen molar-refractivity contribution in [3.05, 3.63) is 0 Å². The molecule has 0 bridgehead atoms. The Labute approximate surface area is 106 Å². The van der Waals surface area contributed by atoms with Crippen LogP contribution in [-0.4, -0.2) is 34.1 Å². The summed E-state index contributed by atoms with van der Waals surface area (Å²) in [5.74, 6) is -0.842. The summed E-state index contributed by atoms with van der Waals surface area (Å²) in [6, 6.07) is 0. The number of carbonyl (C=O) groups excluding carboxylic acids is 1. The minimum atomic E-state index is -3.02. The summed E-state index contributed by atoms with van der Waals surface area (Å²) in [6.45, 7) is 4.32. The smallest absolute Gasteiger partial charge is 0.464 e. The van der Waals surface area contributed by atoms with Crippen molar-refractivity contribution in [1.29, 1.82) is 0 Å². The molecule has 18 heavy (non-hydrogen) atoms. The average Bonchev–Trinajstić information content (AvgIpc) is 2.14. The third kappa shape index (κ3) is 6.44. The van der Waals surface area contributed by atoms with Crippen molar-refractivity contribution in [3.63, 3.8) is 0 Å². The summed E-state index contributed by atoms with van der Waals surface area (Å²) in [4.78, 5) is 28.9. The molecule has 4 unspecified atom stereocenters. The highest BCUT2D eigenvalue weighted by atomic mass is 31.1. The van der Waals surface area contributed by atoms with E-state index >= 15 is 0 Å². The molecule has 0 aliphatic heterocycles. The van der Waals surface area contributed by atoms with Gasteiger partial charge in [-0.3, -0.25) is 0 Å². The summed E-state index contributed by atoms with van der Waals surface area (Å²) in [5, 5.41) is 0. The van der Waals surface area contributed by atoms with Crippen molar-refractivity contribution in [1.82, 2.24) is 0 Å². The maximum atomic E-state index is 11.6. The molecule has 8 nitrogen and oxygen atoms in total. The zero-order valence-corrected chi connectivity index (χ0v) is 12.0. The third-order valence-electron chi connectivity index (χ3n) is 1.93. The molecule has 0 aliphatic rings. The molecule has 0 aromatic carbocycles. The highest BCUT2D eigenvalue weighted by Gasteiger charge is 2.47. The predicted molar refractivity (Wildman–Crippen MR) is 60.9 cm³/mol. The second-order valence-electron chi connectivity index (χ2n) is 3.64. The van der Waals surface area contributed by atoms with Gasteiger partial charge in [-0.05, 0) is 20.8 Å². The maximum Gasteiger partial charge on any atom is 0.695 e. The summed E-state index contributed by atoms with van der Waals surface area (Å²) in [6.07, 6.45) is -1.03. The van der Waals surface area contributed by atoms with Crippen LogP contribution in [0.3, 0.4) is 0 Å². The van der Waals surface area contributed by atoms with Gasteiger partial charge in [0.05, 0.1) is 6.61 Å². The SMILES string of the molecule is CCOC(=O)C(C)(CC(C)O[P+](=O)O)O[P+](=O)O. The van der Waals surface area contributed by atoms with Gasteiger partial charge >= 0.3 is 22.5 Å². The van der Waals surface area contributed by atoms with Gasteiger partial charge in [-0.1, -0.05) is 0 Å². The number of ether oxygens (including phenoxy) is 1. The first-order valence-electron chi connectivity index (χ1n) is 5.06. The first-order chi connectivity index (χ1) is 8.21. The number of hydrogen-bond donors (Lipinski definition) is 2. The molecule has 0 amide bonds. The van der Waals surface area contributed by atoms with Crippen LogP contribution in [0.4, 0.5) is 0 Å². The van der Waals surface area contributed by atoms with E-state index in [0.717, 1.165) is 0 Å². The lowest BCUT2D eigenvalue weighted by Crippen LogP contribution is -2.41. The second-order valence-corrected chi connectivity index (χ2v) is 4.98. The van der Waals surface area contributed by atoms with Crippen LogP contribution in [0.5, 0.6) is 0 Å². The molecule has 104 valence electrons. The van der Waals surface area contributed by atoms with Gasteiger partial charge in [-0.2, -0.15) is 0 Å². The van der Waals surface area contributed by atoms with E-state index in [2.05, 4.69) is 9.05 Å². The Kier molecular flexibility index (Phi) is 7.62. The predicted octanol–water partition coefficient (Wildman–Crippen LogP) is 1.42.